The first-order chi connectivity index (χ1) is 13.8. The van der Waals surface area contributed by atoms with E-state index in [9.17, 15) is 19.1 Å². The smallest absolute Gasteiger partial charge is 0.407 e. The van der Waals surface area contributed by atoms with Crippen molar-refractivity contribution < 1.29 is 19.0 Å². The summed E-state index contributed by atoms with van der Waals surface area (Å²) in [4.78, 5) is 36.2. The number of carbonyl (C=O) groups is 1. The van der Waals surface area contributed by atoms with Crippen LogP contribution < -0.4 is 15.6 Å². The number of thioether (sulfide) groups is 1. The highest BCUT2D eigenvalue weighted by molar-refractivity contribution is 7.98. The molecule has 4 heterocycles. The number of rotatable bonds is 4. The van der Waals surface area contributed by atoms with Crippen LogP contribution in [-0.4, -0.2) is 68.1 Å². The third-order valence-electron chi connectivity index (χ3n) is 5.47. The Labute approximate surface area is 174 Å². The predicted molar refractivity (Wildman–Crippen MR) is 105 cm³/mol. The van der Waals surface area contributed by atoms with Crippen molar-refractivity contribution >= 4 is 40.4 Å². The van der Waals surface area contributed by atoms with Crippen LogP contribution in [0.1, 0.15) is 19.8 Å². The zero-order valence-corrected chi connectivity index (χ0v) is 17.2. The zero-order chi connectivity index (χ0) is 20.9. The van der Waals surface area contributed by atoms with E-state index in [2.05, 4.69) is 20.3 Å². The molecule has 4 atom stereocenters. The predicted octanol–water partition coefficient (Wildman–Crippen LogP) is 2.08. The number of aromatic amines is 1. The lowest BCUT2D eigenvalue weighted by Crippen LogP contribution is -2.63. The van der Waals surface area contributed by atoms with Gasteiger partial charge in [-0.1, -0.05) is 23.4 Å². The molecule has 2 fully saturated rings. The molecule has 0 radical (unpaired) electrons. The summed E-state index contributed by atoms with van der Waals surface area (Å²) in [6, 6.07) is -0.636. The summed E-state index contributed by atoms with van der Waals surface area (Å²) in [5.74, 6) is -1.03. The molecule has 12 heteroatoms. The van der Waals surface area contributed by atoms with Gasteiger partial charge in [0.1, 0.15) is 17.0 Å². The number of H-pyrrole nitrogens is 1. The molecule has 9 nitrogen and oxygen atoms in total. The van der Waals surface area contributed by atoms with Crippen molar-refractivity contribution in [2.75, 3.05) is 12.8 Å². The van der Waals surface area contributed by atoms with E-state index in [1.165, 1.54) is 4.90 Å². The molecule has 29 heavy (non-hydrogen) atoms. The number of piperazine rings is 1. The second kappa shape index (κ2) is 7.62. The summed E-state index contributed by atoms with van der Waals surface area (Å²) in [5, 5.41) is 12.5. The second-order valence-corrected chi connectivity index (χ2v) is 8.22. The average Bonchev–Trinajstić information content (AvgIpc) is 2.98. The Bertz CT molecular complexity index is 1040. The van der Waals surface area contributed by atoms with Crippen LogP contribution in [0.25, 0.3) is 10.9 Å². The van der Waals surface area contributed by atoms with Crippen molar-refractivity contribution in [2.24, 2.45) is 0 Å². The fourth-order valence-corrected chi connectivity index (χ4v) is 4.73. The molecule has 156 valence electrons. The molecule has 0 unspecified atom stereocenters. The highest BCUT2D eigenvalue weighted by Gasteiger charge is 2.47. The number of hydrogen-bond acceptors (Lipinski definition) is 7. The Kier molecular flexibility index (Phi) is 5.30. The number of nitrogens with one attached hydrogen (secondary N) is 2. The van der Waals surface area contributed by atoms with Crippen LogP contribution in [0.3, 0.4) is 0 Å². The number of ether oxygens (including phenoxy) is 1. The standard InChI is InChI=1S/C17H19ClFN5O4S/c1-6(11-8-4-3-7(5-20-11)24(8)17(26)27)28-15-9-12(10(19)13(18)22-15)21-16(29-2)23-14(9)25/h6-8,11,20H,3-5H2,1-2H3,(H,26,27)(H,21,23,25)/t6-,7+,8-,11+/m0/s1. The molecule has 4 rings (SSSR count). The molecule has 0 spiro atoms. The van der Waals surface area contributed by atoms with E-state index in [4.69, 9.17) is 16.3 Å². The van der Waals surface area contributed by atoms with Crippen LogP contribution in [0.2, 0.25) is 5.15 Å². The van der Waals surface area contributed by atoms with E-state index < -0.39 is 28.7 Å². The van der Waals surface area contributed by atoms with Gasteiger partial charge in [-0.05, 0) is 26.0 Å². The highest BCUT2D eigenvalue weighted by atomic mass is 35.5. The summed E-state index contributed by atoms with van der Waals surface area (Å²) in [7, 11) is 0. The Morgan fingerprint density at radius 1 is 1.45 bits per heavy atom. The van der Waals surface area contributed by atoms with E-state index in [1.54, 1.807) is 13.2 Å². The van der Waals surface area contributed by atoms with Crippen molar-refractivity contribution in [3.05, 3.63) is 21.3 Å². The maximum atomic E-state index is 14.5. The van der Waals surface area contributed by atoms with Crippen LogP contribution in [-0.2, 0) is 0 Å². The highest BCUT2D eigenvalue weighted by Crippen LogP contribution is 2.33. The Morgan fingerprint density at radius 3 is 2.90 bits per heavy atom. The van der Waals surface area contributed by atoms with E-state index in [1.807, 2.05) is 0 Å². The summed E-state index contributed by atoms with van der Waals surface area (Å²) in [6.45, 7) is 2.26. The van der Waals surface area contributed by atoms with Gasteiger partial charge < -0.3 is 20.1 Å². The van der Waals surface area contributed by atoms with Crippen LogP contribution in [0.5, 0.6) is 5.88 Å². The van der Waals surface area contributed by atoms with Gasteiger partial charge in [-0.2, -0.15) is 4.98 Å². The maximum Gasteiger partial charge on any atom is 0.407 e. The monoisotopic (exact) mass is 443 g/mol. The van der Waals surface area contributed by atoms with E-state index in [0.29, 0.717) is 13.0 Å². The molecule has 2 bridgehead atoms. The molecule has 2 aromatic heterocycles. The lowest BCUT2D eigenvalue weighted by Gasteiger charge is -2.41. The molecule has 2 saturated heterocycles. The molecule has 2 aliphatic rings. The minimum atomic E-state index is -0.963. The first-order valence-electron chi connectivity index (χ1n) is 9.06. The Balaban J connectivity index is 1.70. The number of nitrogens with zero attached hydrogens (tertiary/aromatic N) is 3. The number of amides is 1. The first kappa shape index (κ1) is 20.2. The molecule has 2 aromatic rings. The van der Waals surface area contributed by atoms with Gasteiger partial charge >= 0.3 is 6.09 Å². The number of pyridine rings is 1. The quantitative estimate of drug-likeness (QED) is 0.373. The van der Waals surface area contributed by atoms with Crippen molar-refractivity contribution in [2.45, 2.75) is 49.2 Å². The van der Waals surface area contributed by atoms with E-state index in [0.717, 1.165) is 18.2 Å². The fourth-order valence-electron chi connectivity index (χ4n) is 4.18. The van der Waals surface area contributed by atoms with Gasteiger partial charge in [0.15, 0.2) is 16.1 Å². The molecule has 1 amide bonds. The largest absolute Gasteiger partial charge is 0.472 e. The number of aromatic nitrogens is 3. The topological polar surface area (TPSA) is 120 Å². The average molecular weight is 444 g/mol. The number of carboxylic acid groups (broad SMARTS) is 1. The fraction of sp³-hybridized carbons (Fsp3) is 0.529. The summed E-state index contributed by atoms with van der Waals surface area (Å²) < 4.78 is 20.4. The van der Waals surface area contributed by atoms with E-state index >= 15 is 0 Å². The molecule has 2 aliphatic heterocycles. The molecular formula is C17H19ClFN5O4S. The van der Waals surface area contributed by atoms with Crippen molar-refractivity contribution in [3.8, 4) is 5.88 Å². The normalized spacial score (nSPS) is 24.7. The summed E-state index contributed by atoms with van der Waals surface area (Å²) >= 11 is 7.07. The Morgan fingerprint density at radius 2 is 2.21 bits per heavy atom. The van der Waals surface area contributed by atoms with Gasteiger partial charge in [0, 0.05) is 12.6 Å². The van der Waals surface area contributed by atoms with Gasteiger partial charge in [0.05, 0.1) is 12.1 Å². The summed E-state index contributed by atoms with van der Waals surface area (Å²) in [5.41, 5.74) is -0.806. The van der Waals surface area contributed by atoms with Crippen LogP contribution in [0.15, 0.2) is 9.95 Å². The van der Waals surface area contributed by atoms with Gasteiger partial charge in [-0.3, -0.25) is 9.69 Å². The third-order valence-corrected chi connectivity index (χ3v) is 6.30. The van der Waals surface area contributed by atoms with Gasteiger partial charge in [0.25, 0.3) is 5.56 Å². The first-order valence-corrected chi connectivity index (χ1v) is 10.7. The Hall–Kier alpha value is -2.11. The van der Waals surface area contributed by atoms with Crippen LogP contribution in [0.4, 0.5) is 9.18 Å². The number of fused-ring (bicyclic) bond motifs is 3. The van der Waals surface area contributed by atoms with Crippen LogP contribution in [0, 0.1) is 5.82 Å². The maximum absolute atomic E-state index is 14.5. The lowest BCUT2D eigenvalue weighted by molar-refractivity contribution is 0.0543. The molecule has 0 saturated carbocycles. The summed E-state index contributed by atoms with van der Waals surface area (Å²) in [6.07, 6.45) is 1.66. The van der Waals surface area contributed by atoms with Gasteiger partial charge in [-0.15, -0.1) is 0 Å². The van der Waals surface area contributed by atoms with Crippen LogP contribution >= 0.6 is 23.4 Å². The second-order valence-electron chi connectivity index (χ2n) is 7.07. The number of halogens is 2. The lowest BCUT2D eigenvalue weighted by atomic mass is 10.0. The molecule has 0 aliphatic carbocycles. The van der Waals surface area contributed by atoms with Gasteiger partial charge in [-0.25, -0.2) is 14.2 Å². The van der Waals surface area contributed by atoms with E-state index in [-0.39, 0.29) is 40.1 Å². The molecule has 0 aromatic carbocycles. The van der Waals surface area contributed by atoms with Crippen molar-refractivity contribution in [1.29, 1.82) is 0 Å². The SMILES string of the molecule is CSc1nc2c(F)c(Cl)nc(O[C@@H](C)[C@H]3NC[C@H]4CC[C@@H]3N4C(=O)O)c2c(=O)[nH]1. The third kappa shape index (κ3) is 3.40. The van der Waals surface area contributed by atoms with Gasteiger partial charge in [0.2, 0.25) is 5.88 Å². The minimum absolute atomic E-state index is 0.0582. The minimum Gasteiger partial charge on any atom is -0.472 e. The molecule has 3 N–H and O–H groups in total. The zero-order valence-electron chi connectivity index (χ0n) is 15.6. The van der Waals surface area contributed by atoms with Crippen molar-refractivity contribution in [1.82, 2.24) is 25.2 Å². The van der Waals surface area contributed by atoms with Crippen molar-refractivity contribution in [3.63, 3.8) is 0 Å². The number of hydrogen-bond donors (Lipinski definition) is 3. The molecular weight excluding hydrogens is 425 g/mol.